The van der Waals surface area contributed by atoms with Crippen molar-refractivity contribution >= 4 is 33.2 Å². The van der Waals surface area contributed by atoms with E-state index in [0.717, 1.165) is 0 Å². The number of amides is 1. The monoisotopic (exact) mass is 304 g/mol. The van der Waals surface area contributed by atoms with E-state index in [9.17, 15) is 13.2 Å². The average Bonchev–Trinajstić information content (AvgIpc) is 2.36. The Morgan fingerprint density at radius 3 is 2.32 bits per heavy atom. The number of rotatable bonds is 6. The molecule has 0 fully saturated rings. The third-order valence-electron chi connectivity index (χ3n) is 2.49. The maximum Gasteiger partial charge on any atom is 0.240 e. The zero-order chi connectivity index (χ0) is 14.5. The maximum atomic E-state index is 12.0. The zero-order valence-electron chi connectivity index (χ0n) is 10.8. The van der Waals surface area contributed by atoms with Crippen LogP contribution >= 0.6 is 11.6 Å². The fourth-order valence-electron chi connectivity index (χ4n) is 1.43. The summed E-state index contributed by atoms with van der Waals surface area (Å²) in [5, 5.41) is 2.57. The lowest BCUT2D eigenvalue weighted by Crippen LogP contribution is -2.35. The van der Waals surface area contributed by atoms with Gasteiger partial charge in [0.1, 0.15) is 0 Å². The molecule has 0 radical (unpaired) electrons. The molecule has 0 saturated heterocycles. The van der Waals surface area contributed by atoms with Crippen LogP contribution in [0, 0.1) is 0 Å². The van der Waals surface area contributed by atoms with Crippen LogP contribution in [0.3, 0.4) is 0 Å². The van der Waals surface area contributed by atoms with Gasteiger partial charge in [-0.25, -0.2) is 13.1 Å². The number of anilines is 1. The Hall–Kier alpha value is -1.11. The minimum atomic E-state index is -3.58. The summed E-state index contributed by atoms with van der Waals surface area (Å²) in [7, 11) is -3.58. The van der Waals surface area contributed by atoms with Gasteiger partial charge >= 0.3 is 0 Å². The van der Waals surface area contributed by atoms with Crippen LogP contribution in [0.5, 0.6) is 0 Å². The van der Waals surface area contributed by atoms with Gasteiger partial charge in [-0.2, -0.15) is 0 Å². The van der Waals surface area contributed by atoms with Crippen molar-refractivity contribution in [2.75, 3.05) is 11.2 Å². The molecule has 0 aliphatic carbocycles. The van der Waals surface area contributed by atoms with Gasteiger partial charge in [0.05, 0.1) is 4.90 Å². The minimum Gasteiger partial charge on any atom is -0.326 e. The van der Waals surface area contributed by atoms with E-state index in [1.165, 1.54) is 31.2 Å². The highest BCUT2D eigenvalue weighted by Gasteiger charge is 2.18. The van der Waals surface area contributed by atoms with E-state index in [1.54, 1.807) is 0 Å². The third kappa shape index (κ3) is 4.81. The number of hydrogen-bond acceptors (Lipinski definition) is 3. The predicted molar refractivity (Wildman–Crippen MR) is 75.9 cm³/mol. The lowest BCUT2D eigenvalue weighted by molar-refractivity contribution is -0.114. The molecule has 19 heavy (non-hydrogen) atoms. The topological polar surface area (TPSA) is 75.3 Å². The van der Waals surface area contributed by atoms with E-state index in [0.29, 0.717) is 12.1 Å². The van der Waals surface area contributed by atoms with Gasteiger partial charge in [0, 0.05) is 24.5 Å². The summed E-state index contributed by atoms with van der Waals surface area (Å²) < 4.78 is 26.6. The Labute approximate surface area is 118 Å². The van der Waals surface area contributed by atoms with Gasteiger partial charge in [-0.3, -0.25) is 4.79 Å². The second kappa shape index (κ2) is 6.88. The Bertz CT molecular complexity index is 524. The van der Waals surface area contributed by atoms with Crippen LogP contribution in [0.2, 0.25) is 0 Å². The number of alkyl halides is 1. The first-order valence-electron chi connectivity index (χ1n) is 5.85. The average molecular weight is 305 g/mol. The summed E-state index contributed by atoms with van der Waals surface area (Å²) in [5.74, 6) is 0.0154. The van der Waals surface area contributed by atoms with Gasteiger partial charge in [0.25, 0.3) is 0 Å². The van der Waals surface area contributed by atoms with Gasteiger partial charge in [0.2, 0.25) is 15.9 Å². The van der Waals surface area contributed by atoms with Crippen LogP contribution in [0.15, 0.2) is 29.2 Å². The number of sulfonamides is 1. The number of hydrogen-bond donors (Lipinski definition) is 2. The molecule has 0 aromatic heterocycles. The molecule has 5 nitrogen and oxygen atoms in total. The molecular formula is C12H17ClN2O3S. The summed E-state index contributed by atoms with van der Waals surface area (Å²) in [6.07, 6.45) is 0.618. The van der Waals surface area contributed by atoms with Crippen LogP contribution in [0.25, 0.3) is 0 Å². The fraction of sp³-hybridized carbons (Fsp3) is 0.417. The molecule has 1 unspecified atom stereocenters. The summed E-state index contributed by atoms with van der Waals surface area (Å²) >= 11 is 5.67. The van der Waals surface area contributed by atoms with E-state index in [1.807, 2.05) is 6.92 Å². The van der Waals surface area contributed by atoms with Crippen LogP contribution < -0.4 is 10.0 Å². The van der Waals surface area contributed by atoms with Crippen LogP contribution in [-0.4, -0.2) is 26.2 Å². The quantitative estimate of drug-likeness (QED) is 0.789. The molecule has 1 aromatic carbocycles. The number of halogens is 1. The highest BCUT2D eigenvalue weighted by Crippen LogP contribution is 2.14. The van der Waals surface area contributed by atoms with Gasteiger partial charge in [-0.1, -0.05) is 6.92 Å². The van der Waals surface area contributed by atoms with Crippen molar-refractivity contribution in [3.8, 4) is 0 Å². The molecule has 1 atom stereocenters. The number of nitrogens with one attached hydrogen (secondary N) is 2. The van der Waals surface area contributed by atoms with E-state index in [-0.39, 0.29) is 22.7 Å². The smallest absolute Gasteiger partial charge is 0.240 e. The largest absolute Gasteiger partial charge is 0.326 e. The Morgan fingerprint density at radius 2 is 1.89 bits per heavy atom. The van der Waals surface area contributed by atoms with Crippen molar-refractivity contribution in [2.45, 2.75) is 31.2 Å². The summed E-state index contributed by atoms with van der Waals surface area (Å²) in [6, 6.07) is 5.67. The molecule has 1 amide bonds. The van der Waals surface area contributed by atoms with E-state index < -0.39 is 10.0 Å². The van der Waals surface area contributed by atoms with Crippen molar-refractivity contribution in [2.24, 2.45) is 0 Å². The zero-order valence-corrected chi connectivity index (χ0v) is 12.4. The molecule has 106 valence electrons. The van der Waals surface area contributed by atoms with Crippen molar-refractivity contribution in [1.29, 1.82) is 0 Å². The first-order valence-corrected chi connectivity index (χ1v) is 7.86. The van der Waals surface area contributed by atoms with Gasteiger partial charge < -0.3 is 5.32 Å². The second-order valence-electron chi connectivity index (χ2n) is 4.09. The van der Waals surface area contributed by atoms with Gasteiger partial charge in [-0.15, -0.1) is 11.6 Å². The summed E-state index contributed by atoms with van der Waals surface area (Å²) in [4.78, 5) is 11.0. The molecule has 1 rings (SSSR count). The molecule has 0 bridgehead atoms. The molecule has 7 heteroatoms. The normalized spacial score (nSPS) is 13.0. The fourth-order valence-corrected chi connectivity index (χ4v) is 3.14. The molecule has 1 aromatic rings. The third-order valence-corrected chi connectivity index (χ3v) is 4.39. The molecule has 0 aliphatic heterocycles. The van der Waals surface area contributed by atoms with Crippen LogP contribution in [-0.2, 0) is 14.8 Å². The maximum absolute atomic E-state index is 12.0. The first kappa shape index (κ1) is 15.9. The Kier molecular flexibility index (Phi) is 5.78. The predicted octanol–water partition coefficient (Wildman–Crippen LogP) is 1.94. The van der Waals surface area contributed by atoms with Crippen molar-refractivity contribution < 1.29 is 13.2 Å². The molecule has 2 N–H and O–H groups in total. The lowest BCUT2D eigenvalue weighted by atomic mass is 10.3. The van der Waals surface area contributed by atoms with E-state index >= 15 is 0 Å². The lowest BCUT2D eigenvalue weighted by Gasteiger charge is -2.14. The van der Waals surface area contributed by atoms with Gasteiger partial charge in [0.15, 0.2) is 0 Å². The van der Waals surface area contributed by atoms with E-state index in [2.05, 4.69) is 10.0 Å². The number of carbonyl (C=O) groups is 1. The van der Waals surface area contributed by atoms with Crippen LogP contribution in [0.4, 0.5) is 5.69 Å². The standard InChI is InChI=1S/C12H17ClN2O3S/c1-3-10(8-13)15-19(17,18)12-6-4-11(5-7-12)14-9(2)16/h4-7,10,15H,3,8H2,1-2H3,(H,14,16). The molecule has 0 heterocycles. The molecule has 0 spiro atoms. The molecule has 0 aliphatic rings. The highest BCUT2D eigenvalue weighted by atomic mass is 35.5. The Balaban J connectivity index is 2.87. The number of carbonyl (C=O) groups excluding carboxylic acids is 1. The number of benzene rings is 1. The molecular weight excluding hydrogens is 288 g/mol. The van der Waals surface area contributed by atoms with Gasteiger partial charge in [-0.05, 0) is 30.7 Å². The van der Waals surface area contributed by atoms with Crippen molar-refractivity contribution in [3.63, 3.8) is 0 Å². The minimum absolute atomic E-state index is 0.144. The highest BCUT2D eigenvalue weighted by molar-refractivity contribution is 7.89. The summed E-state index contributed by atoms with van der Waals surface area (Å²) in [5.41, 5.74) is 0.552. The van der Waals surface area contributed by atoms with Crippen molar-refractivity contribution in [3.05, 3.63) is 24.3 Å². The Morgan fingerprint density at radius 1 is 1.32 bits per heavy atom. The van der Waals surface area contributed by atoms with E-state index in [4.69, 9.17) is 11.6 Å². The second-order valence-corrected chi connectivity index (χ2v) is 6.11. The molecule has 0 saturated carbocycles. The SMILES string of the molecule is CCC(CCl)NS(=O)(=O)c1ccc(NC(C)=O)cc1. The van der Waals surface area contributed by atoms with Crippen molar-refractivity contribution in [1.82, 2.24) is 4.72 Å². The first-order chi connectivity index (χ1) is 8.89. The van der Waals surface area contributed by atoms with Crippen LogP contribution in [0.1, 0.15) is 20.3 Å². The summed E-state index contributed by atoms with van der Waals surface area (Å²) in [6.45, 7) is 3.24.